The molecule has 3 aromatic rings. The van der Waals surface area contributed by atoms with Crippen LogP contribution in [-0.4, -0.2) is 47.9 Å². The highest BCUT2D eigenvalue weighted by Crippen LogP contribution is 2.25. The monoisotopic (exact) mass is 326 g/mol. The molecule has 2 aromatic heterocycles. The molecular weight excluding hydrogens is 308 g/mol. The third kappa shape index (κ3) is 2.73. The van der Waals surface area contributed by atoms with E-state index in [4.69, 9.17) is 0 Å². The molecule has 2 heterocycles. The van der Waals surface area contributed by atoms with Crippen molar-refractivity contribution in [3.8, 4) is 11.4 Å². The Hall–Kier alpha value is -3.16. The van der Waals surface area contributed by atoms with Gasteiger partial charge in [0.25, 0.3) is 5.91 Å². The van der Waals surface area contributed by atoms with Gasteiger partial charge in [-0.3, -0.25) is 9.89 Å². The number of hydrogen-bond acceptors (Lipinski definition) is 5. The number of aromatic nitrogens is 5. The second-order valence-corrected chi connectivity index (χ2v) is 5.56. The van der Waals surface area contributed by atoms with E-state index in [1.165, 1.54) is 6.33 Å². The maximum atomic E-state index is 12.5. The summed E-state index contributed by atoms with van der Waals surface area (Å²) in [6.45, 7) is 3.55. The highest BCUT2D eigenvalue weighted by molar-refractivity contribution is 5.95. The van der Waals surface area contributed by atoms with Crippen LogP contribution in [0.15, 0.2) is 36.9 Å². The van der Waals surface area contributed by atoms with E-state index >= 15 is 0 Å². The van der Waals surface area contributed by atoms with Crippen LogP contribution >= 0.6 is 0 Å². The Morgan fingerprint density at radius 3 is 2.58 bits per heavy atom. The molecule has 1 aromatic carbocycles. The molecule has 1 amide bonds. The zero-order chi connectivity index (χ0) is 17.3. The number of nitrogens with one attached hydrogen (secondary N) is 1. The molecule has 0 spiro atoms. The SMILES string of the molecule is Cc1n[nH]c(C(=O)N(C)[C@H](C)c2ccc(-n3cncn3)cc2)c1O. The van der Waals surface area contributed by atoms with E-state index in [0.29, 0.717) is 5.69 Å². The Kier molecular flexibility index (Phi) is 4.03. The zero-order valence-corrected chi connectivity index (χ0v) is 13.6. The van der Waals surface area contributed by atoms with Gasteiger partial charge in [0, 0.05) is 7.05 Å². The summed E-state index contributed by atoms with van der Waals surface area (Å²) in [6.07, 6.45) is 3.10. The number of nitrogens with zero attached hydrogens (tertiary/aromatic N) is 5. The van der Waals surface area contributed by atoms with Crippen LogP contribution < -0.4 is 0 Å². The number of rotatable bonds is 4. The van der Waals surface area contributed by atoms with E-state index in [0.717, 1.165) is 11.3 Å². The summed E-state index contributed by atoms with van der Waals surface area (Å²) in [6, 6.07) is 7.52. The highest BCUT2D eigenvalue weighted by atomic mass is 16.3. The Morgan fingerprint density at radius 1 is 1.33 bits per heavy atom. The summed E-state index contributed by atoms with van der Waals surface area (Å²) in [7, 11) is 1.69. The summed E-state index contributed by atoms with van der Waals surface area (Å²) in [5, 5.41) is 20.4. The molecule has 8 heteroatoms. The average Bonchev–Trinajstić information content (AvgIpc) is 3.24. The number of aromatic amines is 1. The summed E-state index contributed by atoms with van der Waals surface area (Å²) in [5.41, 5.74) is 2.35. The molecule has 0 saturated heterocycles. The lowest BCUT2D eigenvalue weighted by Crippen LogP contribution is -2.30. The zero-order valence-electron chi connectivity index (χ0n) is 13.6. The molecule has 124 valence electrons. The molecule has 0 aliphatic carbocycles. The van der Waals surface area contributed by atoms with Crippen LogP contribution in [0.4, 0.5) is 0 Å². The van der Waals surface area contributed by atoms with Crippen molar-refractivity contribution in [3.63, 3.8) is 0 Å². The molecule has 24 heavy (non-hydrogen) atoms. The van der Waals surface area contributed by atoms with Gasteiger partial charge in [0.1, 0.15) is 18.3 Å². The second kappa shape index (κ2) is 6.15. The molecule has 3 rings (SSSR count). The third-order valence-electron chi connectivity index (χ3n) is 4.09. The molecule has 0 saturated carbocycles. The normalized spacial score (nSPS) is 12.1. The van der Waals surface area contributed by atoms with Crippen molar-refractivity contribution >= 4 is 5.91 Å². The number of hydrogen-bond donors (Lipinski definition) is 2. The first-order valence-corrected chi connectivity index (χ1v) is 7.45. The van der Waals surface area contributed by atoms with E-state index in [1.807, 2.05) is 31.2 Å². The summed E-state index contributed by atoms with van der Waals surface area (Å²) < 4.78 is 1.66. The Morgan fingerprint density at radius 2 is 2.04 bits per heavy atom. The van der Waals surface area contributed by atoms with Crippen molar-refractivity contribution in [2.45, 2.75) is 19.9 Å². The van der Waals surface area contributed by atoms with E-state index in [9.17, 15) is 9.90 Å². The summed E-state index contributed by atoms with van der Waals surface area (Å²) >= 11 is 0. The molecule has 0 bridgehead atoms. The molecule has 8 nitrogen and oxygen atoms in total. The maximum absolute atomic E-state index is 12.5. The standard InChI is InChI=1S/C16H18N6O2/c1-10-15(23)14(20-19-10)16(24)21(3)11(2)12-4-6-13(7-5-12)22-9-17-8-18-22/h4-9,11,23H,1-3H3,(H,19,20)/t11-/m1/s1. The van der Waals surface area contributed by atoms with Gasteiger partial charge < -0.3 is 10.0 Å². The molecule has 0 fully saturated rings. The molecule has 2 N–H and O–H groups in total. The molecule has 0 aliphatic rings. The van der Waals surface area contributed by atoms with Crippen molar-refractivity contribution in [2.24, 2.45) is 0 Å². The van der Waals surface area contributed by atoms with Gasteiger partial charge in [-0.05, 0) is 31.5 Å². The topological polar surface area (TPSA) is 99.9 Å². The number of carbonyl (C=O) groups excluding carboxylic acids is 1. The van der Waals surface area contributed by atoms with Gasteiger partial charge in [-0.25, -0.2) is 9.67 Å². The molecule has 0 radical (unpaired) electrons. The fourth-order valence-corrected chi connectivity index (χ4v) is 2.40. The second-order valence-electron chi connectivity index (χ2n) is 5.56. The van der Waals surface area contributed by atoms with E-state index < -0.39 is 0 Å². The minimum absolute atomic E-state index is 0.0982. The maximum Gasteiger partial charge on any atom is 0.275 e. The van der Waals surface area contributed by atoms with E-state index in [2.05, 4.69) is 20.3 Å². The third-order valence-corrected chi connectivity index (χ3v) is 4.09. The van der Waals surface area contributed by atoms with Gasteiger partial charge in [-0.1, -0.05) is 12.1 Å². The lowest BCUT2D eigenvalue weighted by Gasteiger charge is -2.25. The molecule has 0 aliphatic heterocycles. The first kappa shape index (κ1) is 15.7. The lowest BCUT2D eigenvalue weighted by atomic mass is 10.1. The van der Waals surface area contributed by atoms with Gasteiger partial charge in [0.2, 0.25) is 0 Å². The van der Waals surface area contributed by atoms with Crippen molar-refractivity contribution in [2.75, 3.05) is 7.05 Å². The van der Waals surface area contributed by atoms with Crippen molar-refractivity contribution in [3.05, 3.63) is 53.9 Å². The largest absolute Gasteiger partial charge is 0.504 e. The number of amides is 1. The number of carbonyl (C=O) groups is 1. The minimum Gasteiger partial charge on any atom is -0.504 e. The van der Waals surface area contributed by atoms with Crippen molar-refractivity contribution < 1.29 is 9.90 Å². The molecule has 0 unspecified atom stereocenters. The number of H-pyrrole nitrogens is 1. The van der Waals surface area contributed by atoms with Crippen LogP contribution in [0.2, 0.25) is 0 Å². The Labute approximate surface area is 138 Å². The number of aryl methyl sites for hydroxylation is 1. The smallest absolute Gasteiger partial charge is 0.275 e. The lowest BCUT2D eigenvalue weighted by molar-refractivity contribution is 0.0733. The van der Waals surface area contributed by atoms with Crippen LogP contribution in [0.25, 0.3) is 5.69 Å². The fourth-order valence-electron chi connectivity index (χ4n) is 2.40. The van der Waals surface area contributed by atoms with Gasteiger partial charge in [-0.2, -0.15) is 10.2 Å². The van der Waals surface area contributed by atoms with Crippen molar-refractivity contribution in [1.82, 2.24) is 29.9 Å². The van der Waals surface area contributed by atoms with Crippen LogP contribution in [-0.2, 0) is 0 Å². The predicted molar refractivity (Wildman–Crippen MR) is 86.9 cm³/mol. The fraction of sp³-hybridized carbons (Fsp3) is 0.250. The van der Waals surface area contributed by atoms with Crippen LogP contribution in [0.1, 0.15) is 34.7 Å². The van der Waals surface area contributed by atoms with Crippen molar-refractivity contribution in [1.29, 1.82) is 0 Å². The van der Waals surface area contributed by atoms with Crippen LogP contribution in [0, 0.1) is 6.92 Å². The predicted octanol–water partition coefficient (Wildman–Crippen LogP) is 1.84. The summed E-state index contributed by atoms with van der Waals surface area (Å²) in [4.78, 5) is 18.0. The number of aromatic hydroxyl groups is 1. The minimum atomic E-state index is -0.319. The van der Waals surface area contributed by atoms with Gasteiger partial charge in [0.15, 0.2) is 11.4 Å². The van der Waals surface area contributed by atoms with Gasteiger partial charge in [0.05, 0.1) is 11.7 Å². The first-order chi connectivity index (χ1) is 11.5. The number of benzene rings is 1. The Balaban J connectivity index is 1.79. The quantitative estimate of drug-likeness (QED) is 0.762. The van der Waals surface area contributed by atoms with Crippen LogP contribution in [0.5, 0.6) is 5.75 Å². The Bertz CT molecular complexity index is 838. The first-order valence-electron chi connectivity index (χ1n) is 7.45. The molecular formula is C16H18N6O2. The van der Waals surface area contributed by atoms with E-state index in [1.54, 1.807) is 29.9 Å². The van der Waals surface area contributed by atoms with Gasteiger partial charge in [-0.15, -0.1) is 0 Å². The van der Waals surface area contributed by atoms with Gasteiger partial charge >= 0.3 is 0 Å². The summed E-state index contributed by atoms with van der Waals surface area (Å²) in [5.74, 6) is -0.429. The molecule has 1 atom stereocenters. The average molecular weight is 326 g/mol. The van der Waals surface area contributed by atoms with E-state index in [-0.39, 0.29) is 23.4 Å². The highest BCUT2D eigenvalue weighted by Gasteiger charge is 2.24. The van der Waals surface area contributed by atoms with Crippen LogP contribution in [0.3, 0.4) is 0 Å².